The van der Waals surface area contributed by atoms with Gasteiger partial charge in [0, 0.05) is 5.41 Å². The molecule has 0 saturated heterocycles. The molecular formula is C13H29O6P. The molecule has 0 spiro atoms. The van der Waals surface area contributed by atoms with Crippen molar-refractivity contribution in [2.45, 2.75) is 58.3 Å². The zero-order chi connectivity index (χ0) is 15.5. The Hall–Kier alpha value is 0.0300. The van der Waals surface area contributed by atoms with Crippen molar-refractivity contribution in [2.75, 3.05) is 19.8 Å². The minimum absolute atomic E-state index is 0.333. The summed E-state index contributed by atoms with van der Waals surface area (Å²) in [6.45, 7) is 1.14. The standard InChI is InChI=1S/C13H29O6P/c1-2-3-4-5-6-7-8-9-13(10-14,11-15)12-19-20(16,17)18/h14-15H,2-12H2,1H3,(H2,16,17,18). The molecule has 0 aliphatic heterocycles. The van der Waals surface area contributed by atoms with Gasteiger partial charge in [-0.1, -0.05) is 51.9 Å². The largest absolute Gasteiger partial charge is 0.469 e. The fourth-order valence-corrected chi connectivity index (χ4v) is 2.49. The molecule has 0 heterocycles. The highest BCUT2D eigenvalue weighted by atomic mass is 31.2. The molecule has 4 N–H and O–H groups in total. The van der Waals surface area contributed by atoms with Crippen molar-refractivity contribution in [1.29, 1.82) is 0 Å². The second kappa shape index (κ2) is 10.7. The van der Waals surface area contributed by atoms with E-state index in [1.165, 1.54) is 25.7 Å². The number of phosphoric acid groups is 1. The molecule has 7 heteroatoms. The minimum Gasteiger partial charge on any atom is -0.396 e. The Bertz CT molecular complexity index is 274. The number of hydrogen-bond donors (Lipinski definition) is 4. The molecule has 0 rings (SSSR count). The molecule has 0 atom stereocenters. The number of phosphoric ester groups is 1. The number of aliphatic hydroxyl groups is 2. The van der Waals surface area contributed by atoms with E-state index in [2.05, 4.69) is 11.4 Å². The van der Waals surface area contributed by atoms with Crippen LogP contribution in [-0.4, -0.2) is 39.8 Å². The molecule has 0 aliphatic rings. The molecular weight excluding hydrogens is 283 g/mol. The third-order valence-corrected chi connectivity index (χ3v) is 3.99. The molecule has 20 heavy (non-hydrogen) atoms. The van der Waals surface area contributed by atoms with Crippen LogP contribution in [0.2, 0.25) is 0 Å². The van der Waals surface area contributed by atoms with Gasteiger partial charge in [0.2, 0.25) is 0 Å². The Morgan fingerprint density at radius 1 is 0.950 bits per heavy atom. The first-order valence-electron chi connectivity index (χ1n) is 7.31. The van der Waals surface area contributed by atoms with Crippen molar-refractivity contribution in [2.24, 2.45) is 5.41 Å². The van der Waals surface area contributed by atoms with Gasteiger partial charge in [-0.2, -0.15) is 0 Å². The van der Waals surface area contributed by atoms with E-state index in [1.54, 1.807) is 0 Å². The summed E-state index contributed by atoms with van der Waals surface area (Å²) in [6.07, 6.45) is 8.24. The SMILES string of the molecule is CCCCCCCCCC(CO)(CO)COP(=O)(O)O. The van der Waals surface area contributed by atoms with Crippen molar-refractivity contribution in [1.82, 2.24) is 0 Å². The maximum atomic E-state index is 10.7. The summed E-state index contributed by atoms with van der Waals surface area (Å²) in [6, 6.07) is 0. The van der Waals surface area contributed by atoms with Crippen LogP contribution in [0.25, 0.3) is 0 Å². The van der Waals surface area contributed by atoms with Gasteiger partial charge in [-0.25, -0.2) is 4.57 Å². The van der Waals surface area contributed by atoms with E-state index < -0.39 is 13.2 Å². The lowest BCUT2D eigenvalue weighted by atomic mass is 9.85. The van der Waals surface area contributed by atoms with Gasteiger partial charge in [-0.3, -0.25) is 4.52 Å². The van der Waals surface area contributed by atoms with Crippen molar-refractivity contribution < 1.29 is 29.1 Å². The zero-order valence-corrected chi connectivity index (χ0v) is 13.2. The monoisotopic (exact) mass is 312 g/mol. The number of hydrogen-bond acceptors (Lipinski definition) is 4. The van der Waals surface area contributed by atoms with Gasteiger partial charge in [0.25, 0.3) is 0 Å². The van der Waals surface area contributed by atoms with E-state index in [0.717, 1.165) is 19.3 Å². The summed E-state index contributed by atoms with van der Waals surface area (Å²) in [7, 11) is -4.57. The smallest absolute Gasteiger partial charge is 0.396 e. The van der Waals surface area contributed by atoms with Crippen LogP contribution < -0.4 is 0 Å². The Morgan fingerprint density at radius 3 is 1.90 bits per heavy atom. The predicted octanol–water partition coefficient (Wildman–Crippen LogP) is 2.21. The molecule has 0 aromatic rings. The summed E-state index contributed by atoms with van der Waals surface area (Å²) in [5.41, 5.74) is -0.968. The van der Waals surface area contributed by atoms with Crippen molar-refractivity contribution in [3.63, 3.8) is 0 Å². The van der Waals surface area contributed by atoms with Crippen molar-refractivity contribution >= 4 is 7.82 Å². The van der Waals surface area contributed by atoms with E-state index in [4.69, 9.17) is 9.79 Å². The molecule has 6 nitrogen and oxygen atoms in total. The second-order valence-electron chi connectivity index (χ2n) is 5.45. The summed E-state index contributed by atoms with van der Waals surface area (Å²) < 4.78 is 15.1. The number of unbranched alkanes of at least 4 members (excludes halogenated alkanes) is 6. The fraction of sp³-hybridized carbons (Fsp3) is 1.00. The number of rotatable bonds is 13. The Labute approximate surface area is 121 Å². The Morgan fingerprint density at radius 2 is 1.45 bits per heavy atom. The third kappa shape index (κ3) is 9.86. The third-order valence-electron chi connectivity index (χ3n) is 3.52. The van der Waals surface area contributed by atoms with Crippen LogP contribution >= 0.6 is 7.82 Å². The average Bonchev–Trinajstić information content (AvgIpc) is 2.41. The highest BCUT2D eigenvalue weighted by molar-refractivity contribution is 7.46. The first-order chi connectivity index (χ1) is 9.39. The van der Waals surface area contributed by atoms with Crippen LogP contribution in [0.5, 0.6) is 0 Å². The Balaban J connectivity index is 3.97. The topological polar surface area (TPSA) is 107 Å². The summed E-state index contributed by atoms with van der Waals surface area (Å²) in [4.78, 5) is 17.4. The molecule has 0 aromatic carbocycles. The first-order valence-corrected chi connectivity index (χ1v) is 8.84. The summed E-state index contributed by atoms with van der Waals surface area (Å²) in [5.74, 6) is 0. The molecule has 0 saturated carbocycles. The van der Waals surface area contributed by atoms with E-state index in [9.17, 15) is 14.8 Å². The molecule has 0 aromatic heterocycles. The van der Waals surface area contributed by atoms with Crippen LogP contribution in [0.15, 0.2) is 0 Å². The summed E-state index contributed by atoms with van der Waals surface area (Å²) >= 11 is 0. The Kier molecular flexibility index (Phi) is 10.7. The van der Waals surface area contributed by atoms with Crippen LogP contribution in [0.4, 0.5) is 0 Å². The maximum Gasteiger partial charge on any atom is 0.469 e. The first kappa shape index (κ1) is 20.0. The lowest BCUT2D eigenvalue weighted by molar-refractivity contribution is -0.00241. The number of aliphatic hydroxyl groups excluding tert-OH is 2. The molecule has 0 unspecified atom stereocenters. The van der Waals surface area contributed by atoms with Gasteiger partial charge >= 0.3 is 7.82 Å². The van der Waals surface area contributed by atoms with Gasteiger partial charge in [0.05, 0.1) is 19.8 Å². The van der Waals surface area contributed by atoms with Crippen molar-refractivity contribution in [3.8, 4) is 0 Å². The van der Waals surface area contributed by atoms with Crippen LogP contribution in [-0.2, 0) is 9.09 Å². The molecule has 0 bridgehead atoms. The van der Waals surface area contributed by atoms with Gasteiger partial charge in [-0.15, -0.1) is 0 Å². The van der Waals surface area contributed by atoms with E-state index in [0.29, 0.717) is 6.42 Å². The quantitative estimate of drug-likeness (QED) is 0.307. The van der Waals surface area contributed by atoms with Gasteiger partial charge < -0.3 is 20.0 Å². The van der Waals surface area contributed by atoms with Gasteiger partial charge in [0.15, 0.2) is 0 Å². The second-order valence-corrected chi connectivity index (χ2v) is 6.69. The molecule has 122 valence electrons. The van der Waals surface area contributed by atoms with Crippen LogP contribution in [0.1, 0.15) is 58.3 Å². The molecule has 0 fully saturated rings. The van der Waals surface area contributed by atoms with Crippen molar-refractivity contribution in [3.05, 3.63) is 0 Å². The van der Waals surface area contributed by atoms with E-state index in [-0.39, 0.29) is 19.8 Å². The summed E-state index contributed by atoms with van der Waals surface area (Å²) in [5, 5.41) is 18.7. The lowest BCUT2D eigenvalue weighted by Gasteiger charge is -2.29. The highest BCUT2D eigenvalue weighted by Gasteiger charge is 2.31. The molecule has 0 aliphatic carbocycles. The minimum atomic E-state index is -4.57. The van der Waals surface area contributed by atoms with E-state index in [1.807, 2.05) is 0 Å². The highest BCUT2D eigenvalue weighted by Crippen LogP contribution is 2.39. The lowest BCUT2D eigenvalue weighted by Crippen LogP contribution is -2.34. The predicted molar refractivity (Wildman–Crippen MR) is 77.2 cm³/mol. The van der Waals surface area contributed by atoms with Gasteiger partial charge in [0.1, 0.15) is 0 Å². The average molecular weight is 312 g/mol. The molecule has 0 radical (unpaired) electrons. The maximum absolute atomic E-state index is 10.7. The molecule has 0 amide bonds. The van der Waals surface area contributed by atoms with Gasteiger partial charge in [-0.05, 0) is 6.42 Å². The zero-order valence-electron chi connectivity index (χ0n) is 12.3. The van der Waals surface area contributed by atoms with Crippen LogP contribution in [0, 0.1) is 5.41 Å². The van der Waals surface area contributed by atoms with Crippen LogP contribution in [0.3, 0.4) is 0 Å². The fourth-order valence-electron chi connectivity index (χ4n) is 2.05. The van der Waals surface area contributed by atoms with E-state index >= 15 is 0 Å². The normalized spacial score (nSPS) is 12.8.